The van der Waals surface area contributed by atoms with E-state index in [1.807, 2.05) is 59.8 Å². The highest BCUT2D eigenvalue weighted by atomic mass is 35.5. The van der Waals surface area contributed by atoms with Crippen molar-refractivity contribution in [3.63, 3.8) is 0 Å². The topological polar surface area (TPSA) is 54.5 Å². The summed E-state index contributed by atoms with van der Waals surface area (Å²) in [4.78, 5) is 17.7. The van der Waals surface area contributed by atoms with E-state index in [1.54, 1.807) is 6.26 Å². The molecule has 0 aliphatic carbocycles. The smallest absolute Gasteiger partial charge is 0.254 e. The van der Waals surface area contributed by atoms with Crippen LogP contribution in [-0.4, -0.2) is 51.7 Å². The van der Waals surface area contributed by atoms with E-state index in [1.165, 1.54) is 0 Å². The van der Waals surface area contributed by atoms with Crippen molar-refractivity contribution in [3.8, 4) is 5.69 Å². The summed E-state index contributed by atoms with van der Waals surface area (Å²) in [6, 6.07) is 11.6. The molecule has 1 saturated heterocycles. The maximum absolute atomic E-state index is 13.5. The number of carbonyl (C=O) groups excluding carboxylic acids is 1. The molecular weight excluding hydrogens is 400 g/mol. The lowest BCUT2D eigenvalue weighted by Gasteiger charge is -2.37. The van der Waals surface area contributed by atoms with Gasteiger partial charge in [0.15, 0.2) is 0 Å². The zero-order chi connectivity index (χ0) is 21.3. The molecule has 158 valence electrons. The summed E-state index contributed by atoms with van der Waals surface area (Å²) in [7, 11) is 2.12. The summed E-state index contributed by atoms with van der Waals surface area (Å²) in [5.41, 5.74) is 3.23. The van der Waals surface area contributed by atoms with E-state index in [2.05, 4.69) is 17.0 Å². The van der Waals surface area contributed by atoms with Crippen molar-refractivity contribution in [2.24, 2.45) is 0 Å². The number of aromatic nitrogens is 2. The number of hydrogen-bond acceptors (Lipinski definition) is 4. The van der Waals surface area contributed by atoms with E-state index in [4.69, 9.17) is 16.0 Å². The molecule has 1 aliphatic rings. The van der Waals surface area contributed by atoms with Crippen molar-refractivity contribution in [1.29, 1.82) is 0 Å². The number of carbonyl (C=O) groups is 1. The van der Waals surface area contributed by atoms with Gasteiger partial charge < -0.3 is 14.2 Å². The first-order chi connectivity index (χ1) is 14.4. The van der Waals surface area contributed by atoms with E-state index in [0.29, 0.717) is 17.1 Å². The second-order valence-corrected chi connectivity index (χ2v) is 8.37. The van der Waals surface area contributed by atoms with E-state index < -0.39 is 0 Å². The monoisotopic (exact) mass is 426 g/mol. The molecule has 30 heavy (non-hydrogen) atoms. The molecule has 1 aliphatic heterocycles. The normalized spacial score (nSPS) is 15.5. The minimum Gasteiger partial charge on any atom is -0.467 e. The summed E-state index contributed by atoms with van der Waals surface area (Å²) in [6.45, 7) is 6.29. The van der Waals surface area contributed by atoms with Crippen LogP contribution in [0.5, 0.6) is 0 Å². The number of amides is 1. The fourth-order valence-corrected chi connectivity index (χ4v) is 4.15. The van der Waals surface area contributed by atoms with Gasteiger partial charge in [-0.15, -0.1) is 0 Å². The van der Waals surface area contributed by atoms with Gasteiger partial charge in [0.1, 0.15) is 5.76 Å². The number of furan rings is 1. The van der Waals surface area contributed by atoms with Gasteiger partial charge in [-0.1, -0.05) is 11.6 Å². The lowest BCUT2D eigenvalue weighted by atomic mass is 10.0. The van der Waals surface area contributed by atoms with Crippen LogP contribution in [0, 0.1) is 13.8 Å². The molecule has 0 spiro atoms. The third-order valence-electron chi connectivity index (χ3n) is 5.86. The van der Waals surface area contributed by atoms with Crippen molar-refractivity contribution < 1.29 is 9.21 Å². The zero-order valence-corrected chi connectivity index (χ0v) is 18.4. The second kappa shape index (κ2) is 8.66. The van der Waals surface area contributed by atoms with E-state index in [-0.39, 0.29) is 11.9 Å². The highest BCUT2D eigenvalue weighted by Crippen LogP contribution is 2.24. The third kappa shape index (κ3) is 4.16. The molecule has 0 N–H and O–H groups in total. The number of hydrogen-bond donors (Lipinski definition) is 0. The molecule has 7 heteroatoms. The van der Waals surface area contributed by atoms with Gasteiger partial charge >= 0.3 is 0 Å². The quantitative estimate of drug-likeness (QED) is 0.604. The summed E-state index contributed by atoms with van der Waals surface area (Å²) in [5, 5.41) is 5.16. The summed E-state index contributed by atoms with van der Waals surface area (Å²) in [6.07, 6.45) is 3.58. The SMILES string of the molecule is Cc1nn(-c2ccc(C(=O)N(Cc3ccco3)C3CCN(C)CC3)cc2)c(C)c1Cl. The Balaban J connectivity index is 1.58. The first-order valence-corrected chi connectivity index (χ1v) is 10.7. The molecule has 1 fully saturated rings. The minimum absolute atomic E-state index is 0.0268. The average Bonchev–Trinajstić information content (AvgIpc) is 3.36. The molecule has 0 saturated carbocycles. The molecule has 0 bridgehead atoms. The van der Waals surface area contributed by atoms with Crippen LogP contribution >= 0.6 is 11.6 Å². The molecule has 3 aromatic rings. The van der Waals surface area contributed by atoms with Crippen LogP contribution in [0.1, 0.15) is 40.3 Å². The number of halogens is 1. The van der Waals surface area contributed by atoms with Crippen LogP contribution in [0.25, 0.3) is 5.69 Å². The zero-order valence-electron chi connectivity index (χ0n) is 17.6. The van der Waals surface area contributed by atoms with Crippen LogP contribution in [-0.2, 0) is 6.54 Å². The number of nitrogens with zero attached hydrogens (tertiary/aromatic N) is 4. The van der Waals surface area contributed by atoms with Crippen molar-refractivity contribution in [1.82, 2.24) is 19.6 Å². The first kappa shape index (κ1) is 20.7. The summed E-state index contributed by atoms with van der Waals surface area (Å²) in [5.74, 6) is 0.829. The number of aryl methyl sites for hydroxylation is 1. The predicted octanol–water partition coefficient (Wildman–Crippen LogP) is 4.47. The molecule has 1 aromatic carbocycles. The fourth-order valence-electron chi connectivity index (χ4n) is 4.03. The Labute approximate surface area is 182 Å². The molecule has 2 aromatic heterocycles. The van der Waals surface area contributed by atoms with Crippen LogP contribution in [0.4, 0.5) is 0 Å². The van der Waals surface area contributed by atoms with Gasteiger partial charge in [0.05, 0.1) is 34.9 Å². The Bertz CT molecular complexity index is 1000. The van der Waals surface area contributed by atoms with Crippen LogP contribution in [0.2, 0.25) is 5.02 Å². The van der Waals surface area contributed by atoms with Gasteiger partial charge in [0.2, 0.25) is 0 Å². The molecule has 3 heterocycles. The maximum Gasteiger partial charge on any atom is 0.254 e. The van der Waals surface area contributed by atoms with Gasteiger partial charge in [-0.3, -0.25) is 4.79 Å². The number of piperidine rings is 1. The van der Waals surface area contributed by atoms with E-state index in [0.717, 1.165) is 48.8 Å². The molecule has 4 rings (SSSR count). The number of rotatable bonds is 5. The van der Waals surface area contributed by atoms with Crippen molar-refractivity contribution in [2.75, 3.05) is 20.1 Å². The van der Waals surface area contributed by atoms with Gasteiger partial charge in [-0.2, -0.15) is 5.10 Å². The van der Waals surface area contributed by atoms with Gasteiger partial charge in [0.25, 0.3) is 5.91 Å². The highest BCUT2D eigenvalue weighted by Gasteiger charge is 2.28. The van der Waals surface area contributed by atoms with Crippen molar-refractivity contribution in [3.05, 3.63) is 70.4 Å². The van der Waals surface area contributed by atoms with Crippen LogP contribution in [0.3, 0.4) is 0 Å². The lowest BCUT2D eigenvalue weighted by Crippen LogP contribution is -2.46. The Morgan fingerprint density at radius 1 is 1.20 bits per heavy atom. The Kier molecular flexibility index (Phi) is 5.97. The average molecular weight is 427 g/mol. The van der Waals surface area contributed by atoms with Gasteiger partial charge in [-0.25, -0.2) is 4.68 Å². The summed E-state index contributed by atoms with van der Waals surface area (Å²) >= 11 is 6.28. The first-order valence-electron chi connectivity index (χ1n) is 10.3. The Hall–Kier alpha value is -2.57. The Morgan fingerprint density at radius 2 is 1.90 bits per heavy atom. The lowest BCUT2D eigenvalue weighted by molar-refractivity contribution is 0.0550. The Morgan fingerprint density at radius 3 is 2.47 bits per heavy atom. The minimum atomic E-state index is 0.0268. The molecule has 6 nitrogen and oxygen atoms in total. The largest absolute Gasteiger partial charge is 0.467 e. The molecule has 0 unspecified atom stereocenters. The molecule has 0 radical (unpaired) electrons. The van der Waals surface area contributed by atoms with Crippen molar-refractivity contribution >= 4 is 17.5 Å². The van der Waals surface area contributed by atoms with E-state index in [9.17, 15) is 4.79 Å². The highest BCUT2D eigenvalue weighted by molar-refractivity contribution is 6.31. The summed E-state index contributed by atoms with van der Waals surface area (Å²) < 4.78 is 7.35. The van der Waals surface area contributed by atoms with Gasteiger partial charge in [0, 0.05) is 11.6 Å². The number of benzene rings is 1. The third-order valence-corrected chi connectivity index (χ3v) is 6.40. The molecular formula is C23H27ClN4O2. The second-order valence-electron chi connectivity index (χ2n) is 7.99. The maximum atomic E-state index is 13.5. The standard InChI is InChI=1S/C23H27ClN4O2/c1-16-22(24)17(2)28(25-16)20-8-6-18(7-9-20)23(29)27(15-21-5-4-14-30-21)19-10-12-26(3)13-11-19/h4-9,14,19H,10-13,15H2,1-3H3. The predicted molar refractivity (Wildman–Crippen MR) is 117 cm³/mol. The van der Waals surface area contributed by atoms with E-state index >= 15 is 0 Å². The molecule has 0 atom stereocenters. The van der Waals surface area contributed by atoms with Gasteiger partial charge in [-0.05, 0) is 83.2 Å². The fraction of sp³-hybridized carbons (Fsp3) is 0.391. The van der Waals surface area contributed by atoms with Crippen molar-refractivity contribution in [2.45, 2.75) is 39.3 Å². The molecule has 1 amide bonds. The van der Waals surface area contributed by atoms with Crippen LogP contribution in [0.15, 0.2) is 47.1 Å². The van der Waals surface area contributed by atoms with Crippen LogP contribution < -0.4 is 0 Å². The number of likely N-dealkylation sites (tertiary alicyclic amines) is 1.